The lowest BCUT2D eigenvalue weighted by atomic mass is 10.3. The number of benzene rings is 1. The van der Waals surface area contributed by atoms with Crippen LogP contribution in [-0.2, 0) is 13.1 Å². The average Bonchev–Trinajstić information content (AvgIpc) is 2.96. The Balaban J connectivity index is 1.95. The summed E-state index contributed by atoms with van der Waals surface area (Å²) in [4.78, 5) is 4.15. The van der Waals surface area contributed by atoms with Crippen molar-refractivity contribution >= 4 is 22.7 Å². The van der Waals surface area contributed by atoms with Gasteiger partial charge < -0.3 is 10.2 Å². The Morgan fingerprint density at radius 1 is 1.42 bits per heavy atom. The Bertz CT molecular complexity index is 738. The Labute approximate surface area is 112 Å². The van der Waals surface area contributed by atoms with Crippen LogP contribution in [0.2, 0.25) is 5.02 Å². The van der Waals surface area contributed by atoms with Gasteiger partial charge in [0.2, 0.25) is 5.89 Å². The highest BCUT2D eigenvalue weighted by Gasteiger charge is 2.12. The molecule has 0 unspecified atom stereocenters. The van der Waals surface area contributed by atoms with Crippen molar-refractivity contribution in [3.8, 4) is 0 Å². The number of hydrogen-bond donors (Lipinski definition) is 1. The van der Waals surface area contributed by atoms with Crippen LogP contribution in [-0.4, -0.2) is 20.0 Å². The third kappa shape index (κ3) is 2.29. The highest BCUT2D eigenvalue weighted by molar-refractivity contribution is 6.34. The third-order valence-corrected chi connectivity index (χ3v) is 2.83. The van der Waals surface area contributed by atoms with E-state index in [0.717, 1.165) is 0 Å². The molecule has 1 aromatic carbocycles. The minimum absolute atomic E-state index is 0.190. The van der Waals surface area contributed by atoms with Gasteiger partial charge in [0.1, 0.15) is 17.9 Å². The molecule has 6 nitrogen and oxygen atoms in total. The van der Waals surface area contributed by atoms with E-state index in [0.29, 0.717) is 29.2 Å². The maximum Gasteiger partial charge on any atom is 0.217 e. The first-order valence-corrected chi connectivity index (χ1v) is 5.87. The molecule has 2 N–H and O–H groups in total. The Morgan fingerprint density at radius 2 is 2.26 bits per heavy atom. The third-order valence-electron chi connectivity index (χ3n) is 2.55. The lowest BCUT2D eigenvalue weighted by Crippen LogP contribution is -2.00. The first kappa shape index (κ1) is 12.1. The Hall–Kier alpha value is -1.99. The van der Waals surface area contributed by atoms with E-state index in [9.17, 15) is 4.39 Å². The number of nitrogens with two attached hydrogens (primary N) is 1. The number of halogens is 2. The van der Waals surface area contributed by atoms with E-state index >= 15 is 0 Å². The lowest BCUT2D eigenvalue weighted by Gasteiger charge is -1.93. The molecule has 0 radical (unpaired) electrons. The van der Waals surface area contributed by atoms with Crippen molar-refractivity contribution in [1.82, 2.24) is 20.0 Å². The minimum atomic E-state index is -0.455. The summed E-state index contributed by atoms with van der Waals surface area (Å²) in [5, 5.41) is 7.91. The van der Waals surface area contributed by atoms with Crippen molar-refractivity contribution in [3.63, 3.8) is 0 Å². The van der Waals surface area contributed by atoms with Gasteiger partial charge in [-0.05, 0) is 6.07 Å². The molecule has 3 rings (SSSR count). The first-order valence-electron chi connectivity index (χ1n) is 5.49. The molecule has 0 fully saturated rings. The molecular formula is C11H9ClFN5O. The molecule has 8 heteroatoms. The fraction of sp³-hybridized carbons (Fsp3) is 0.182. The number of oxazole rings is 1. The normalized spacial score (nSPS) is 11.3. The van der Waals surface area contributed by atoms with Gasteiger partial charge >= 0.3 is 0 Å². The summed E-state index contributed by atoms with van der Waals surface area (Å²) in [5.41, 5.74) is 6.84. The van der Waals surface area contributed by atoms with E-state index in [4.69, 9.17) is 21.8 Å². The molecular weight excluding hydrogens is 273 g/mol. The van der Waals surface area contributed by atoms with Crippen LogP contribution in [0.25, 0.3) is 11.1 Å². The van der Waals surface area contributed by atoms with Crippen LogP contribution >= 0.6 is 11.6 Å². The van der Waals surface area contributed by atoms with Gasteiger partial charge in [-0.2, -0.15) is 0 Å². The summed E-state index contributed by atoms with van der Waals surface area (Å²) in [6.45, 7) is 0.588. The minimum Gasteiger partial charge on any atom is -0.437 e. The van der Waals surface area contributed by atoms with Crippen molar-refractivity contribution in [2.45, 2.75) is 13.1 Å². The van der Waals surface area contributed by atoms with Crippen molar-refractivity contribution in [2.75, 3.05) is 0 Å². The molecule has 0 atom stereocenters. The average molecular weight is 282 g/mol. The van der Waals surface area contributed by atoms with Gasteiger partial charge in [0.05, 0.1) is 16.9 Å². The topological polar surface area (TPSA) is 82.8 Å². The fourth-order valence-electron chi connectivity index (χ4n) is 1.72. The molecule has 2 aromatic heterocycles. The van der Waals surface area contributed by atoms with Crippen LogP contribution in [0, 0.1) is 5.82 Å². The molecule has 0 saturated carbocycles. The van der Waals surface area contributed by atoms with Crippen LogP contribution < -0.4 is 5.73 Å². The van der Waals surface area contributed by atoms with Gasteiger partial charge in [-0.25, -0.2) is 14.1 Å². The summed E-state index contributed by atoms with van der Waals surface area (Å²) in [6.07, 6.45) is 1.69. The van der Waals surface area contributed by atoms with Crippen molar-refractivity contribution in [2.24, 2.45) is 5.73 Å². The van der Waals surface area contributed by atoms with Crippen molar-refractivity contribution < 1.29 is 8.81 Å². The van der Waals surface area contributed by atoms with Gasteiger partial charge in [0, 0.05) is 12.6 Å². The molecule has 0 spiro atoms. The summed E-state index contributed by atoms with van der Waals surface area (Å²) in [5.74, 6) is -0.0838. The summed E-state index contributed by atoms with van der Waals surface area (Å²) < 4.78 is 20.2. The number of rotatable bonds is 3. The van der Waals surface area contributed by atoms with Crippen molar-refractivity contribution in [3.05, 3.63) is 40.8 Å². The van der Waals surface area contributed by atoms with E-state index in [2.05, 4.69) is 15.3 Å². The second-order valence-electron chi connectivity index (χ2n) is 3.96. The zero-order valence-electron chi connectivity index (χ0n) is 9.68. The molecule has 0 amide bonds. The van der Waals surface area contributed by atoms with Crippen LogP contribution in [0.3, 0.4) is 0 Å². The monoisotopic (exact) mass is 281 g/mol. The maximum atomic E-state index is 13.2. The molecule has 0 bridgehead atoms. The van der Waals surface area contributed by atoms with Crippen LogP contribution in [0.1, 0.15) is 11.6 Å². The van der Waals surface area contributed by atoms with E-state index in [-0.39, 0.29) is 11.6 Å². The van der Waals surface area contributed by atoms with Crippen LogP contribution in [0.5, 0.6) is 0 Å². The van der Waals surface area contributed by atoms with Crippen LogP contribution in [0.4, 0.5) is 4.39 Å². The van der Waals surface area contributed by atoms with E-state index in [1.807, 2.05) is 0 Å². The fourth-order valence-corrected chi connectivity index (χ4v) is 1.96. The second-order valence-corrected chi connectivity index (χ2v) is 4.36. The number of nitrogens with zero attached hydrogens (tertiary/aromatic N) is 4. The molecule has 19 heavy (non-hydrogen) atoms. The molecule has 2 heterocycles. The summed E-state index contributed by atoms with van der Waals surface area (Å²) in [6, 6.07) is 2.45. The zero-order chi connectivity index (χ0) is 13.4. The summed E-state index contributed by atoms with van der Waals surface area (Å²) >= 11 is 5.88. The smallest absolute Gasteiger partial charge is 0.217 e. The Kier molecular flexibility index (Phi) is 2.92. The SMILES string of the molecule is NCc1cn(Cc2nc3cc(F)cc(Cl)c3o2)nn1. The summed E-state index contributed by atoms with van der Waals surface area (Å²) in [7, 11) is 0. The molecule has 0 aliphatic heterocycles. The standard InChI is InChI=1S/C11H9ClFN5O/c12-8-1-6(13)2-9-11(8)19-10(15-9)5-18-4-7(3-14)16-17-18/h1-2,4H,3,5,14H2. The predicted molar refractivity (Wildman–Crippen MR) is 66.0 cm³/mol. The predicted octanol–water partition coefficient (Wildman–Crippen LogP) is 1.72. The Morgan fingerprint density at radius 3 is 3.00 bits per heavy atom. The second kappa shape index (κ2) is 4.60. The number of aromatic nitrogens is 4. The molecule has 98 valence electrons. The van der Waals surface area contributed by atoms with Gasteiger partial charge in [-0.3, -0.25) is 0 Å². The van der Waals surface area contributed by atoms with Gasteiger partial charge in [-0.15, -0.1) is 5.10 Å². The zero-order valence-corrected chi connectivity index (χ0v) is 10.4. The van der Waals surface area contributed by atoms with Gasteiger partial charge in [0.25, 0.3) is 0 Å². The van der Waals surface area contributed by atoms with E-state index < -0.39 is 5.82 Å². The highest BCUT2D eigenvalue weighted by atomic mass is 35.5. The highest BCUT2D eigenvalue weighted by Crippen LogP contribution is 2.25. The van der Waals surface area contributed by atoms with Gasteiger partial charge in [-0.1, -0.05) is 16.8 Å². The number of hydrogen-bond acceptors (Lipinski definition) is 5. The largest absolute Gasteiger partial charge is 0.437 e. The van der Waals surface area contributed by atoms with Crippen molar-refractivity contribution in [1.29, 1.82) is 0 Å². The van der Waals surface area contributed by atoms with Gasteiger partial charge in [0.15, 0.2) is 5.58 Å². The molecule has 0 aliphatic carbocycles. The van der Waals surface area contributed by atoms with Crippen LogP contribution in [0.15, 0.2) is 22.7 Å². The lowest BCUT2D eigenvalue weighted by molar-refractivity contribution is 0.485. The molecule has 0 aliphatic rings. The molecule has 0 saturated heterocycles. The number of fused-ring (bicyclic) bond motifs is 1. The van der Waals surface area contributed by atoms with E-state index in [1.165, 1.54) is 16.8 Å². The van der Waals surface area contributed by atoms with E-state index in [1.54, 1.807) is 6.20 Å². The maximum absolute atomic E-state index is 13.2. The quantitative estimate of drug-likeness (QED) is 0.790. The first-order chi connectivity index (χ1) is 9.15. The molecule has 3 aromatic rings.